The first-order chi connectivity index (χ1) is 8.13. The second-order valence-electron chi connectivity index (χ2n) is 4.04. The van der Waals surface area contributed by atoms with Crippen LogP contribution in [0.15, 0.2) is 12.1 Å². The summed E-state index contributed by atoms with van der Waals surface area (Å²) in [5, 5.41) is 0. The Balaban J connectivity index is 3.24. The van der Waals surface area contributed by atoms with Gasteiger partial charge in [0.2, 0.25) is 0 Å². The van der Waals surface area contributed by atoms with Gasteiger partial charge in [-0.3, -0.25) is 0 Å². The first kappa shape index (κ1) is 13.8. The van der Waals surface area contributed by atoms with Gasteiger partial charge in [-0.1, -0.05) is 0 Å². The van der Waals surface area contributed by atoms with Crippen LogP contribution in [0.25, 0.3) is 0 Å². The van der Waals surface area contributed by atoms with Gasteiger partial charge in [0.25, 0.3) is 0 Å². The lowest BCUT2D eigenvalue weighted by atomic mass is 9.99. The summed E-state index contributed by atoms with van der Waals surface area (Å²) in [7, 11) is 4.97. The number of benzene rings is 1. The second kappa shape index (κ2) is 6.47. The van der Waals surface area contributed by atoms with Gasteiger partial charge >= 0.3 is 0 Å². The van der Waals surface area contributed by atoms with E-state index in [0.29, 0.717) is 6.61 Å². The molecule has 2 N–H and O–H groups in total. The van der Waals surface area contributed by atoms with Crippen LogP contribution < -0.4 is 15.2 Å². The SMILES string of the molecule is COCc1c(OC)ccc(OC)c1CC(C)N. The highest BCUT2D eigenvalue weighted by Gasteiger charge is 2.15. The zero-order chi connectivity index (χ0) is 12.8. The van der Waals surface area contributed by atoms with Crippen molar-refractivity contribution >= 4 is 0 Å². The Morgan fingerprint density at radius 2 is 1.59 bits per heavy atom. The fourth-order valence-corrected chi connectivity index (χ4v) is 1.88. The minimum Gasteiger partial charge on any atom is -0.496 e. The molecule has 96 valence electrons. The van der Waals surface area contributed by atoms with E-state index >= 15 is 0 Å². The van der Waals surface area contributed by atoms with Crippen LogP contribution in [0, 0.1) is 0 Å². The van der Waals surface area contributed by atoms with Crippen molar-refractivity contribution in [3.8, 4) is 11.5 Å². The summed E-state index contributed by atoms with van der Waals surface area (Å²) < 4.78 is 15.9. The second-order valence-corrected chi connectivity index (χ2v) is 4.04. The van der Waals surface area contributed by atoms with Gasteiger partial charge in [0.05, 0.1) is 20.8 Å². The van der Waals surface area contributed by atoms with Crippen molar-refractivity contribution in [3.05, 3.63) is 23.3 Å². The van der Waals surface area contributed by atoms with Crippen molar-refractivity contribution in [3.63, 3.8) is 0 Å². The topological polar surface area (TPSA) is 53.7 Å². The first-order valence-corrected chi connectivity index (χ1v) is 5.61. The zero-order valence-corrected chi connectivity index (χ0v) is 10.9. The molecule has 1 rings (SSSR count). The monoisotopic (exact) mass is 239 g/mol. The molecule has 1 aromatic rings. The lowest BCUT2D eigenvalue weighted by Crippen LogP contribution is -2.19. The molecule has 0 aliphatic rings. The number of ether oxygens (including phenoxy) is 3. The Morgan fingerprint density at radius 1 is 1.06 bits per heavy atom. The van der Waals surface area contributed by atoms with Gasteiger partial charge in [0.15, 0.2) is 0 Å². The predicted molar refractivity (Wildman–Crippen MR) is 67.6 cm³/mol. The van der Waals surface area contributed by atoms with Crippen molar-refractivity contribution in [2.45, 2.75) is 26.0 Å². The normalized spacial score (nSPS) is 12.3. The molecule has 0 bridgehead atoms. The van der Waals surface area contributed by atoms with Crippen molar-refractivity contribution in [1.29, 1.82) is 0 Å². The fourth-order valence-electron chi connectivity index (χ4n) is 1.88. The Hall–Kier alpha value is -1.26. The highest BCUT2D eigenvalue weighted by molar-refractivity contribution is 5.49. The van der Waals surface area contributed by atoms with Crippen LogP contribution in [0.2, 0.25) is 0 Å². The van der Waals surface area contributed by atoms with E-state index in [-0.39, 0.29) is 6.04 Å². The molecule has 0 heterocycles. The van der Waals surface area contributed by atoms with Crippen molar-refractivity contribution < 1.29 is 14.2 Å². The van der Waals surface area contributed by atoms with E-state index in [1.54, 1.807) is 21.3 Å². The summed E-state index contributed by atoms with van der Waals surface area (Å²) in [5.74, 6) is 1.64. The number of hydrogen-bond donors (Lipinski definition) is 1. The van der Waals surface area contributed by atoms with Gasteiger partial charge < -0.3 is 19.9 Å². The Labute approximate surface area is 103 Å². The highest BCUT2D eigenvalue weighted by atomic mass is 16.5. The van der Waals surface area contributed by atoms with Crippen molar-refractivity contribution in [1.82, 2.24) is 0 Å². The predicted octanol–water partition coefficient (Wildman–Crippen LogP) is 1.74. The van der Waals surface area contributed by atoms with Crippen LogP contribution in [-0.4, -0.2) is 27.4 Å². The van der Waals surface area contributed by atoms with Crippen molar-refractivity contribution in [2.75, 3.05) is 21.3 Å². The number of rotatable bonds is 6. The van der Waals surface area contributed by atoms with Gasteiger partial charge in [-0.15, -0.1) is 0 Å². The molecule has 1 unspecified atom stereocenters. The molecule has 1 aromatic carbocycles. The standard InChI is InChI=1S/C13H21NO3/c1-9(14)7-10-11(8-15-2)13(17-4)6-5-12(10)16-3/h5-6,9H,7-8,14H2,1-4H3. The lowest BCUT2D eigenvalue weighted by molar-refractivity contribution is 0.180. The third kappa shape index (κ3) is 3.35. The van der Waals surface area contributed by atoms with Gasteiger partial charge in [-0.2, -0.15) is 0 Å². The maximum Gasteiger partial charge on any atom is 0.124 e. The molecular formula is C13H21NO3. The van der Waals surface area contributed by atoms with Gasteiger partial charge in [-0.05, 0) is 25.5 Å². The average molecular weight is 239 g/mol. The van der Waals surface area contributed by atoms with E-state index < -0.39 is 0 Å². The minimum absolute atomic E-state index is 0.0617. The highest BCUT2D eigenvalue weighted by Crippen LogP contribution is 2.31. The average Bonchev–Trinajstić information content (AvgIpc) is 2.30. The summed E-state index contributed by atoms with van der Waals surface area (Å²) >= 11 is 0. The molecule has 0 aliphatic heterocycles. The summed E-state index contributed by atoms with van der Waals surface area (Å²) in [4.78, 5) is 0. The molecule has 0 amide bonds. The van der Waals surface area contributed by atoms with Gasteiger partial charge in [0, 0.05) is 24.3 Å². The Bertz CT molecular complexity index is 364. The summed E-state index contributed by atoms with van der Waals surface area (Å²) in [6.07, 6.45) is 0.735. The summed E-state index contributed by atoms with van der Waals surface area (Å²) in [5.41, 5.74) is 7.93. The molecule has 0 radical (unpaired) electrons. The maximum atomic E-state index is 5.87. The lowest BCUT2D eigenvalue weighted by Gasteiger charge is -2.18. The summed E-state index contributed by atoms with van der Waals surface area (Å²) in [6.45, 7) is 2.46. The van der Waals surface area contributed by atoms with Crippen molar-refractivity contribution in [2.24, 2.45) is 5.73 Å². The quantitative estimate of drug-likeness (QED) is 0.821. The van der Waals surface area contributed by atoms with Crippen LogP contribution in [0.1, 0.15) is 18.1 Å². The number of hydrogen-bond acceptors (Lipinski definition) is 4. The molecule has 0 saturated heterocycles. The minimum atomic E-state index is 0.0617. The number of methoxy groups -OCH3 is 3. The first-order valence-electron chi connectivity index (χ1n) is 5.61. The van der Waals surface area contributed by atoms with Crippen LogP contribution in [0.5, 0.6) is 11.5 Å². The molecule has 17 heavy (non-hydrogen) atoms. The molecule has 1 atom stereocenters. The zero-order valence-electron chi connectivity index (χ0n) is 10.9. The van der Waals surface area contributed by atoms with Gasteiger partial charge in [0.1, 0.15) is 11.5 Å². The Kier molecular flexibility index (Phi) is 5.25. The Morgan fingerprint density at radius 3 is 2.00 bits per heavy atom. The van der Waals surface area contributed by atoms with E-state index in [4.69, 9.17) is 19.9 Å². The van der Waals surface area contributed by atoms with E-state index in [1.807, 2.05) is 19.1 Å². The van der Waals surface area contributed by atoms with E-state index in [1.165, 1.54) is 0 Å². The molecule has 4 nitrogen and oxygen atoms in total. The molecule has 0 fully saturated rings. The molecule has 0 aromatic heterocycles. The fraction of sp³-hybridized carbons (Fsp3) is 0.538. The molecular weight excluding hydrogens is 218 g/mol. The molecule has 4 heteroatoms. The largest absolute Gasteiger partial charge is 0.496 e. The molecule has 0 saturated carbocycles. The van der Waals surface area contributed by atoms with E-state index in [0.717, 1.165) is 29.0 Å². The van der Waals surface area contributed by atoms with Crippen LogP contribution in [0.4, 0.5) is 0 Å². The third-order valence-electron chi connectivity index (χ3n) is 2.60. The van der Waals surface area contributed by atoms with Gasteiger partial charge in [-0.25, -0.2) is 0 Å². The molecule has 0 spiro atoms. The van der Waals surface area contributed by atoms with Crippen LogP contribution in [0.3, 0.4) is 0 Å². The molecule has 0 aliphatic carbocycles. The van der Waals surface area contributed by atoms with Crippen LogP contribution in [-0.2, 0) is 17.8 Å². The number of nitrogens with two attached hydrogens (primary N) is 1. The third-order valence-corrected chi connectivity index (χ3v) is 2.60. The van der Waals surface area contributed by atoms with Crippen LogP contribution >= 0.6 is 0 Å². The maximum absolute atomic E-state index is 5.87. The van der Waals surface area contributed by atoms with E-state index in [2.05, 4.69) is 0 Å². The van der Waals surface area contributed by atoms with E-state index in [9.17, 15) is 0 Å². The smallest absolute Gasteiger partial charge is 0.124 e. The summed E-state index contributed by atoms with van der Waals surface area (Å²) in [6, 6.07) is 3.85.